The van der Waals surface area contributed by atoms with E-state index in [2.05, 4.69) is 39.8 Å². The molecule has 0 heterocycles. The van der Waals surface area contributed by atoms with Crippen LogP contribution in [0.2, 0.25) is 0 Å². The molecule has 2 nitrogen and oxygen atoms in total. The van der Waals surface area contributed by atoms with Crippen molar-refractivity contribution < 1.29 is 4.74 Å². The monoisotopic (exact) mass is 235 g/mol. The summed E-state index contributed by atoms with van der Waals surface area (Å²) in [5.74, 6) is 1.48. The molecular formula is C15H25NO. The predicted octanol–water partition coefficient (Wildman–Crippen LogP) is 3.35. The zero-order chi connectivity index (χ0) is 12.9. The highest BCUT2D eigenvalue weighted by molar-refractivity contribution is 5.31. The fourth-order valence-electron chi connectivity index (χ4n) is 1.55. The molecule has 0 spiro atoms. The average molecular weight is 235 g/mol. The summed E-state index contributed by atoms with van der Waals surface area (Å²) < 4.78 is 5.69. The molecule has 0 aliphatic heterocycles. The largest absolute Gasteiger partial charge is 0.494 e. The Hall–Kier alpha value is -1.02. The summed E-state index contributed by atoms with van der Waals surface area (Å²) in [6, 6.07) is 8.38. The minimum absolute atomic E-state index is 0.201. The Morgan fingerprint density at radius 2 is 1.76 bits per heavy atom. The number of rotatable bonds is 5. The summed E-state index contributed by atoms with van der Waals surface area (Å²) in [5.41, 5.74) is 7.10. The van der Waals surface area contributed by atoms with Crippen molar-refractivity contribution in [2.45, 2.75) is 39.5 Å². The maximum absolute atomic E-state index is 5.69. The van der Waals surface area contributed by atoms with Gasteiger partial charge < -0.3 is 10.5 Å². The minimum Gasteiger partial charge on any atom is -0.494 e. The summed E-state index contributed by atoms with van der Waals surface area (Å²) in [7, 11) is 0. The van der Waals surface area contributed by atoms with Gasteiger partial charge in [-0.25, -0.2) is 0 Å². The van der Waals surface area contributed by atoms with Crippen LogP contribution in [0.1, 0.15) is 39.7 Å². The van der Waals surface area contributed by atoms with Crippen molar-refractivity contribution in [3.05, 3.63) is 29.8 Å². The molecule has 0 fully saturated rings. The predicted molar refractivity (Wildman–Crippen MR) is 73.5 cm³/mol. The maximum Gasteiger partial charge on any atom is 0.119 e. The second-order valence-corrected chi connectivity index (χ2v) is 5.75. The van der Waals surface area contributed by atoms with Crippen LogP contribution in [0.15, 0.2) is 24.3 Å². The topological polar surface area (TPSA) is 35.2 Å². The van der Waals surface area contributed by atoms with Crippen molar-refractivity contribution in [3.8, 4) is 5.75 Å². The average Bonchev–Trinajstić information content (AvgIpc) is 2.28. The van der Waals surface area contributed by atoms with E-state index >= 15 is 0 Å². The van der Waals surface area contributed by atoms with Crippen LogP contribution in [-0.4, -0.2) is 13.2 Å². The van der Waals surface area contributed by atoms with E-state index in [0.717, 1.165) is 25.3 Å². The molecule has 0 amide bonds. The summed E-state index contributed by atoms with van der Waals surface area (Å²) in [6.07, 6.45) is 1.01. The highest BCUT2D eigenvalue weighted by Crippen LogP contribution is 2.24. The van der Waals surface area contributed by atoms with E-state index in [0.29, 0.717) is 5.92 Å². The van der Waals surface area contributed by atoms with Crippen LogP contribution in [-0.2, 0) is 5.41 Å². The molecule has 0 saturated heterocycles. The van der Waals surface area contributed by atoms with E-state index in [9.17, 15) is 0 Å². The van der Waals surface area contributed by atoms with Crippen LogP contribution in [0.5, 0.6) is 5.75 Å². The SMILES string of the molecule is CC(CN)CCOc1ccc(C(C)(C)C)cc1. The zero-order valence-corrected chi connectivity index (χ0v) is 11.5. The maximum atomic E-state index is 5.69. The Kier molecular flexibility index (Phi) is 5.01. The Morgan fingerprint density at radius 3 is 2.24 bits per heavy atom. The van der Waals surface area contributed by atoms with Gasteiger partial charge in [0.2, 0.25) is 0 Å². The van der Waals surface area contributed by atoms with E-state index in [1.807, 2.05) is 12.1 Å². The van der Waals surface area contributed by atoms with Crippen molar-refractivity contribution in [2.24, 2.45) is 11.7 Å². The van der Waals surface area contributed by atoms with E-state index in [4.69, 9.17) is 10.5 Å². The van der Waals surface area contributed by atoms with Crippen LogP contribution < -0.4 is 10.5 Å². The fourth-order valence-corrected chi connectivity index (χ4v) is 1.55. The second kappa shape index (κ2) is 6.06. The molecule has 1 rings (SSSR count). The summed E-state index contributed by atoms with van der Waals surface area (Å²) in [4.78, 5) is 0. The Labute approximate surface area is 105 Å². The third-order valence-corrected chi connectivity index (χ3v) is 3.00. The molecule has 17 heavy (non-hydrogen) atoms. The molecule has 0 radical (unpaired) electrons. The van der Waals surface area contributed by atoms with Gasteiger partial charge in [0.1, 0.15) is 5.75 Å². The lowest BCUT2D eigenvalue weighted by Gasteiger charge is -2.19. The van der Waals surface area contributed by atoms with Crippen LogP contribution in [0, 0.1) is 5.92 Å². The zero-order valence-electron chi connectivity index (χ0n) is 11.5. The molecule has 0 aliphatic carbocycles. The molecule has 0 saturated carbocycles. The third kappa shape index (κ3) is 4.78. The van der Waals surface area contributed by atoms with Crippen molar-refractivity contribution >= 4 is 0 Å². The molecule has 2 N–H and O–H groups in total. The summed E-state index contributed by atoms with van der Waals surface area (Å²) >= 11 is 0. The van der Waals surface area contributed by atoms with Gasteiger partial charge in [0.05, 0.1) is 6.61 Å². The lowest BCUT2D eigenvalue weighted by atomic mass is 9.87. The molecular weight excluding hydrogens is 210 g/mol. The quantitative estimate of drug-likeness (QED) is 0.849. The van der Waals surface area contributed by atoms with Gasteiger partial charge in [-0.15, -0.1) is 0 Å². The summed E-state index contributed by atoms with van der Waals surface area (Å²) in [5, 5.41) is 0. The van der Waals surface area contributed by atoms with Crippen molar-refractivity contribution in [1.29, 1.82) is 0 Å². The second-order valence-electron chi connectivity index (χ2n) is 5.75. The number of hydrogen-bond donors (Lipinski definition) is 1. The molecule has 0 aromatic heterocycles. The van der Waals surface area contributed by atoms with E-state index in [-0.39, 0.29) is 5.41 Å². The van der Waals surface area contributed by atoms with E-state index in [1.54, 1.807) is 0 Å². The van der Waals surface area contributed by atoms with Gasteiger partial charge in [-0.1, -0.05) is 39.8 Å². The highest BCUT2D eigenvalue weighted by atomic mass is 16.5. The normalized spacial score (nSPS) is 13.5. The lowest BCUT2D eigenvalue weighted by Crippen LogP contribution is -2.14. The number of benzene rings is 1. The van der Waals surface area contributed by atoms with Gasteiger partial charge in [-0.05, 0) is 42.0 Å². The lowest BCUT2D eigenvalue weighted by molar-refractivity contribution is 0.285. The van der Waals surface area contributed by atoms with E-state index < -0.39 is 0 Å². The molecule has 96 valence electrons. The van der Waals surface area contributed by atoms with Crippen LogP contribution >= 0.6 is 0 Å². The van der Waals surface area contributed by atoms with Crippen LogP contribution in [0.4, 0.5) is 0 Å². The van der Waals surface area contributed by atoms with Gasteiger partial charge in [0.15, 0.2) is 0 Å². The van der Waals surface area contributed by atoms with Gasteiger partial charge in [0, 0.05) is 0 Å². The first-order valence-electron chi connectivity index (χ1n) is 6.37. The van der Waals surface area contributed by atoms with Crippen LogP contribution in [0.3, 0.4) is 0 Å². The molecule has 0 aliphatic rings. The third-order valence-electron chi connectivity index (χ3n) is 3.00. The van der Waals surface area contributed by atoms with Gasteiger partial charge >= 0.3 is 0 Å². The molecule has 1 unspecified atom stereocenters. The van der Waals surface area contributed by atoms with Gasteiger partial charge in [0.25, 0.3) is 0 Å². The van der Waals surface area contributed by atoms with Crippen molar-refractivity contribution in [2.75, 3.05) is 13.2 Å². The highest BCUT2D eigenvalue weighted by Gasteiger charge is 2.12. The molecule has 0 bridgehead atoms. The minimum atomic E-state index is 0.201. The first-order valence-corrected chi connectivity index (χ1v) is 6.37. The Balaban J connectivity index is 2.46. The molecule has 1 aromatic rings. The fraction of sp³-hybridized carbons (Fsp3) is 0.600. The molecule has 1 aromatic carbocycles. The van der Waals surface area contributed by atoms with E-state index in [1.165, 1.54) is 5.56 Å². The van der Waals surface area contributed by atoms with Crippen LogP contribution in [0.25, 0.3) is 0 Å². The number of ether oxygens (including phenoxy) is 1. The molecule has 1 atom stereocenters. The number of nitrogens with two attached hydrogens (primary N) is 1. The first-order chi connectivity index (χ1) is 7.93. The Morgan fingerprint density at radius 1 is 1.18 bits per heavy atom. The summed E-state index contributed by atoms with van der Waals surface area (Å²) in [6.45, 7) is 10.3. The van der Waals surface area contributed by atoms with Gasteiger partial charge in [-0.3, -0.25) is 0 Å². The van der Waals surface area contributed by atoms with Gasteiger partial charge in [-0.2, -0.15) is 0 Å². The first kappa shape index (κ1) is 14.0. The molecule has 2 heteroatoms. The Bertz CT molecular complexity index is 324. The smallest absolute Gasteiger partial charge is 0.119 e. The van der Waals surface area contributed by atoms with Crippen molar-refractivity contribution in [1.82, 2.24) is 0 Å². The standard InChI is InChI=1S/C15H25NO/c1-12(11-16)9-10-17-14-7-5-13(6-8-14)15(2,3)4/h5-8,12H,9-11,16H2,1-4H3. The number of hydrogen-bond acceptors (Lipinski definition) is 2. The van der Waals surface area contributed by atoms with Crippen molar-refractivity contribution in [3.63, 3.8) is 0 Å².